The maximum Gasteiger partial charge on any atom is 0.416 e. The smallest absolute Gasteiger partial charge is 0.416 e. The molecule has 18 heteroatoms. The van der Waals surface area contributed by atoms with E-state index in [1.54, 1.807) is 26.2 Å². The molecule has 2 aromatic carbocycles. The van der Waals surface area contributed by atoms with E-state index in [-0.39, 0.29) is 37.4 Å². The highest BCUT2D eigenvalue weighted by atomic mass is 32.2. The second-order valence-electron chi connectivity index (χ2n) is 18.0. The maximum absolute atomic E-state index is 14.9. The van der Waals surface area contributed by atoms with E-state index in [9.17, 15) is 36.0 Å². The van der Waals surface area contributed by atoms with E-state index in [1.807, 2.05) is 30.5 Å². The van der Waals surface area contributed by atoms with Crippen molar-refractivity contribution in [2.24, 2.45) is 5.92 Å². The topological polar surface area (TPSA) is 169 Å². The molecular formula is C46H53F3N6O7S2. The van der Waals surface area contributed by atoms with Crippen LogP contribution in [-0.2, 0) is 30.6 Å². The van der Waals surface area contributed by atoms with Crippen LogP contribution in [0.3, 0.4) is 0 Å². The molecule has 2 saturated carbocycles. The number of hydrogen-bond acceptors (Lipinski definition) is 11. The Bertz CT molecular complexity index is 2610. The Hall–Kier alpha value is -5.23. The number of benzene rings is 2. The molecule has 64 heavy (non-hydrogen) atoms. The largest absolute Gasteiger partial charge is 0.496 e. The first kappa shape index (κ1) is 45.3. The van der Waals surface area contributed by atoms with Gasteiger partial charge in [-0.1, -0.05) is 44.9 Å². The van der Waals surface area contributed by atoms with E-state index in [0.717, 1.165) is 29.8 Å². The monoisotopic (exact) mass is 922 g/mol. The van der Waals surface area contributed by atoms with Crippen molar-refractivity contribution in [1.29, 1.82) is 0 Å². The minimum Gasteiger partial charge on any atom is -0.496 e. The van der Waals surface area contributed by atoms with Crippen LogP contribution in [0.1, 0.15) is 101 Å². The van der Waals surface area contributed by atoms with Crippen molar-refractivity contribution in [2.75, 3.05) is 19.0 Å². The van der Waals surface area contributed by atoms with Gasteiger partial charge < -0.3 is 25.0 Å². The van der Waals surface area contributed by atoms with Crippen LogP contribution in [0, 0.1) is 12.8 Å². The number of hydrogen-bond donors (Lipinski definition) is 3. The number of carbonyl (C=O) groups excluding carboxylic acids is 3. The highest BCUT2D eigenvalue weighted by molar-refractivity contribution is 7.91. The van der Waals surface area contributed by atoms with Gasteiger partial charge in [-0.05, 0) is 88.6 Å². The molecule has 0 radical (unpaired) electrons. The maximum atomic E-state index is 14.9. The molecule has 2 aliphatic carbocycles. The number of fused-ring (bicyclic) bond motifs is 3. The predicted molar refractivity (Wildman–Crippen MR) is 238 cm³/mol. The molecule has 0 unspecified atom stereocenters. The van der Waals surface area contributed by atoms with Crippen LogP contribution in [0.5, 0.6) is 11.5 Å². The number of carbonyl (C=O) groups is 3. The number of aromatic nitrogens is 2. The Kier molecular flexibility index (Phi) is 12.2. The summed E-state index contributed by atoms with van der Waals surface area (Å²) in [6.07, 6.45) is 2.13. The number of rotatable bonds is 10. The SMILES string of the molecule is COc1ccc2c(O[C@@H]3C[C@H]4C(=O)N[C@]5(C(=O)NS(=O)(=O)C6(C)CC6)C[C@H]5/C=C\CCCCC[C@H](Nc5cccc(C(F)(F)F)c5)C(=O)N4C3)cc(-c3nc(C(C)C)cs3)nc2c1C. The number of alkyl halides is 3. The summed E-state index contributed by atoms with van der Waals surface area (Å²) in [6.45, 7) is 7.47. The van der Waals surface area contributed by atoms with Gasteiger partial charge in [-0.15, -0.1) is 11.3 Å². The van der Waals surface area contributed by atoms with Crippen molar-refractivity contribution in [3.8, 4) is 22.2 Å². The van der Waals surface area contributed by atoms with Crippen molar-refractivity contribution in [3.05, 3.63) is 76.8 Å². The number of pyridine rings is 1. The quantitative estimate of drug-likeness (QED) is 0.132. The zero-order valence-corrected chi connectivity index (χ0v) is 38.0. The molecule has 4 aliphatic rings. The van der Waals surface area contributed by atoms with Gasteiger partial charge in [-0.25, -0.2) is 18.4 Å². The van der Waals surface area contributed by atoms with Gasteiger partial charge in [0.1, 0.15) is 45.9 Å². The Balaban J connectivity index is 1.16. The highest BCUT2D eigenvalue weighted by Crippen LogP contribution is 2.48. The third kappa shape index (κ3) is 9.04. The van der Waals surface area contributed by atoms with Gasteiger partial charge >= 0.3 is 6.18 Å². The Labute approximate surface area is 374 Å². The van der Waals surface area contributed by atoms with Crippen molar-refractivity contribution < 1.29 is 45.4 Å². The molecule has 1 saturated heterocycles. The van der Waals surface area contributed by atoms with Gasteiger partial charge in [0.05, 0.1) is 35.2 Å². The first-order valence-corrected chi connectivity index (χ1v) is 24.1. The summed E-state index contributed by atoms with van der Waals surface area (Å²) in [6, 6.07) is 7.82. The molecule has 4 aromatic rings. The number of amides is 3. The lowest BCUT2D eigenvalue weighted by molar-refractivity contribution is -0.140. The zero-order valence-electron chi connectivity index (χ0n) is 36.4. The van der Waals surface area contributed by atoms with E-state index in [4.69, 9.17) is 19.4 Å². The number of anilines is 1. The average molecular weight is 923 g/mol. The number of sulfonamides is 1. The van der Waals surface area contributed by atoms with Crippen molar-refractivity contribution in [1.82, 2.24) is 24.9 Å². The molecule has 0 spiro atoms. The molecule has 8 rings (SSSR count). The summed E-state index contributed by atoms with van der Waals surface area (Å²) >= 11 is 1.45. The molecule has 3 fully saturated rings. The zero-order chi connectivity index (χ0) is 45.8. The number of aryl methyl sites for hydroxylation is 1. The fourth-order valence-corrected chi connectivity index (χ4v) is 10.8. The molecular weight excluding hydrogens is 870 g/mol. The molecule has 342 valence electrons. The number of allylic oxidation sites excluding steroid dienone is 1. The fraction of sp³-hybridized carbons (Fsp3) is 0.500. The first-order valence-electron chi connectivity index (χ1n) is 21.7. The summed E-state index contributed by atoms with van der Waals surface area (Å²) in [5, 5.41) is 9.26. The summed E-state index contributed by atoms with van der Waals surface area (Å²) in [5.74, 6) is -1.33. The van der Waals surface area contributed by atoms with E-state index in [0.29, 0.717) is 65.2 Å². The van der Waals surface area contributed by atoms with Gasteiger partial charge in [0.25, 0.3) is 5.91 Å². The van der Waals surface area contributed by atoms with Crippen LogP contribution >= 0.6 is 11.3 Å². The average Bonchev–Trinajstić information content (AvgIpc) is 4.02. The number of methoxy groups -OCH3 is 1. The van der Waals surface area contributed by atoms with Crippen molar-refractivity contribution >= 4 is 55.7 Å². The summed E-state index contributed by atoms with van der Waals surface area (Å²) in [4.78, 5) is 54.9. The molecule has 2 aromatic heterocycles. The van der Waals surface area contributed by atoms with Crippen LogP contribution in [0.15, 0.2) is 60.0 Å². The third-order valence-corrected chi connectivity index (χ3v) is 16.0. The second-order valence-corrected chi connectivity index (χ2v) is 21.1. The second kappa shape index (κ2) is 17.3. The van der Waals surface area contributed by atoms with Crippen LogP contribution in [-0.4, -0.2) is 83.1 Å². The van der Waals surface area contributed by atoms with Crippen molar-refractivity contribution in [2.45, 2.75) is 126 Å². The highest BCUT2D eigenvalue weighted by Gasteiger charge is 2.63. The normalized spacial score (nSPS) is 25.4. The fourth-order valence-electron chi connectivity index (χ4n) is 8.59. The van der Waals surface area contributed by atoms with E-state index >= 15 is 0 Å². The van der Waals surface area contributed by atoms with E-state index < -0.39 is 73.9 Å². The van der Waals surface area contributed by atoms with Gasteiger partial charge in [0.2, 0.25) is 21.8 Å². The molecule has 13 nitrogen and oxygen atoms in total. The molecule has 3 amide bonds. The lowest BCUT2D eigenvalue weighted by Gasteiger charge is -2.30. The lowest BCUT2D eigenvalue weighted by atomic mass is 10.0. The van der Waals surface area contributed by atoms with E-state index in [1.165, 1.54) is 28.4 Å². The number of ether oxygens (including phenoxy) is 2. The third-order valence-electron chi connectivity index (χ3n) is 13.0. The van der Waals surface area contributed by atoms with Crippen LogP contribution in [0.2, 0.25) is 0 Å². The standard InChI is InChI=1S/C46H53F3N6O7S2/c1-26(2)35-25-63-41(52-35)34-22-38(32-16-17-37(61-5)27(3)39(32)51-34)62-31-21-36-40(56)53-45(43(58)54-64(59,60)44(4)18-19-44)23-29(45)12-9-7-6-8-10-15-33(42(57)55(36)24-31)50-30-14-11-13-28(20-30)46(47,48)49/h9,11-14,16-17,20,22,25-26,29,31,33,36,50H,6-8,10,15,18-19,21,23-24H2,1-5H3,(H,53,56)(H,54,58)/b12-9-/t29-,31-,33+,36+,45-/m1/s1. The van der Waals surface area contributed by atoms with Crippen LogP contribution < -0.4 is 24.8 Å². The molecule has 3 N–H and O–H groups in total. The lowest BCUT2D eigenvalue weighted by Crippen LogP contribution is -2.58. The molecule has 5 atom stereocenters. The molecule has 2 aliphatic heterocycles. The van der Waals surface area contributed by atoms with E-state index in [2.05, 4.69) is 29.2 Å². The van der Waals surface area contributed by atoms with Gasteiger partial charge in [-0.3, -0.25) is 19.1 Å². The number of halogens is 3. The summed E-state index contributed by atoms with van der Waals surface area (Å²) < 4.78 is 81.6. The van der Waals surface area contributed by atoms with Crippen molar-refractivity contribution in [3.63, 3.8) is 0 Å². The molecule has 0 bridgehead atoms. The number of nitrogens with one attached hydrogen (secondary N) is 3. The summed E-state index contributed by atoms with van der Waals surface area (Å²) in [5.41, 5.74) is 0.451. The minimum atomic E-state index is -4.62. The Morgan fingerprint density at radius 3 is 2.55 bits per heavy atom. The Morgan fingerprint density at radius 2 is 1.84 bits per heavy atom. The number of thiazole rings is 1. The van der Waals surface area contributed by atoms with Crippen LogP contribution in [0.25, 0.3) is 21.6 Å². The predicted octanol–water partition coefficient (Wildman–Crippen LogP) is 8.04. The number of nitrogens with zero attached hydrogens (tertiary/aromatic N) is 3. The summed E-state index contributed by atoms with van der Waals surface area (Å²) in [7, 11) is -2.48. The van der Waals surface area contributed by atoms with Crippen LogP contribution in [0.4, 0.5) is 18.9 Å². The Morgan fingerprint density at radius 1 is 1.06 bits per heavy atom. The van der Waals surface area contributed by atoms with Gasteiger partial charge in [0.15, 0.2) is 0 Å². The minimum absolute atomic E-state index is 0.0224. The molecule has 4 heterocycles. The first-order chi connectivity index (χ1) is 30.3. The van der Waals surface area contributed by atoms with Gasteiger partial charge in [-0.2, -0.15) is 13.2 Å². The van der Waals surface area contributed by atoms with Gasteiger partial charge in [0, 0.05) is 40.4 Å².